The number of rotatable bonds is 4. The molecule has 1 unspecified atom stereocenters. The maximum atomic E-state index is 12.0. The molecule has 0 saturated carbocycles. The van der Waals surface area contributed by atoms with Crippen molar-refractivity contribution in [2.45, 2.75) is 19.4 Å². The SMILES string of the molecule is COC(=O)C(C)Oc1ccc(OC(F)(F)F)cc1Br. The summed E-state index contributed by atoms with van der Waals surface area (Å²) < 4.78 is 49.7. The second kappa shape index (κ2) is 6.14. The molecule has 0 radical (unpaired) electrons. The largest absolute Gasteiger partial charge is 0.573 e. The minimum absolute atomic E-state index is 0.201. The Bertz CT molecular complexity index is 462. The summed E-state index contributed by atoms with van der Waals surface area (Å²) in [6, 6.07) is 3.43. The van der Waals surface area contributed by atoms with Gasteiger partial charge in [-0.2, -0.15) is 0 Å². The van der Waals surface area contributed by atoms with Crippen molar-refractivity contribution < 1.29 is 32.2 Å². The van der Waals surface area contributed by atoms with Gasteiger partial charge in [-0.05, 0) is 41.1 Å². The summed E-state index contributed by atoms with van der Waals surface area (Å²) in [5, 5.41) is 0. The van der Waals surface area contributed by atoms with Gasteiger partial charge in [-0.25, -0.2) is 4.79 Å². The third kappa shape index (κ3) is 4.98. The first-order valence-electron chi connectivity index (χ1n) is 5.02. The van der Waals surface area contributed by atoms with Crippen LogP contribution in [0.4, 0.5) is 13.2 Å². The number of hydrogen-bond donors (Lipinski definition) is 0. The predicted octanol–water partition coefficient (Wildman–Crippen LogP) is 3.29. The molecule has 0 spiro atoms. The number of hydrogen-bond acceptors (Lipinski definition) is 4. The van der Waals surface area contributed by atoms with Gasteiger partial charge in [0, 0.05) is 0 Å². The minimum Gasteiger partial charge on any atom is -0.478 e. The van der Waals surface area contributed by atoms with E-state index in [-0.39, 0.29) is 10.2 Å². The van der Waals surface area contributed by atoms with E-state index in [4.69, 9.17) is 4.74 Å². The fourth-order valence-electron chi connectivity index (χ4n) is 1.18. The maximum Gasteiger partial charge on any atom is 0.573 e. The number of benzene rings is 1. The molecule has 0 amide bonds. The highest BCUT2D eigenvalue weighted by molar-refractivity contribution is 9.10. The maximum absolute atomic E-state index is 12.0. The number of carbonyl (C=O) groups excluding carboxylic acids is 1. The van der Waals surface area contributed by atoms with Gasteiger partial charge >= 0.3 is 12.3 Å². The minimum atomic E-state index is -4.76. The zero-order valence-corrected chi connectivity index (χ0v) is 11.5. The Labute approximate surface area is 115 Å². The molecule has 0 N–H and O–H groups in total. The van der Waals surface area contributed by atoms with Crippen LogP contribution < -0.4 is 9.47 Å². The quantitative estimate of drug-likeness (QED) is 0.787. The summed E-state index contributed by atoms with van der Waals surface area (Å²) in [6.07, 6.45) is -5.64. The average molecular weight is 343 g/mol. The third-order valence-corrected chi connectivity index (χ3v) is 2.59. The number of alkyl halides is 3. The van der Waals surface area contributed by atoms with E-state index in [0.29, 0.717) is 0 Å². The monoisotopic (exact) mass is 342 g/mol. The molecule has 0 aromatic heterocycles. The van der Waals surface area contributed by atoms with E-state index in [1.165, 1.54) is 20.1 Å². The van der Waals surface area contributed by atoms with Gasteiger partial charge in [0.05, 0.1) is 11.6 Å². The van der Waals surface area contributed by atoms with Gasteiger partial charge in [0.1, 0.15) is 11.5 Å². The zero-order chi connectivity index (χ0) is 14.6. The van der Waals surface area contributed by atoms with E-state index in [2.05, 4.69) is 25.4 Å². The van der Waals surface area contributed by atoms with Crippen molar-refractivity contribution in [2.75, 3.05) is 7.11 Å². The van der Waals surface area contributed by atoms with Gasteiger partial charge in [0.15, 0.2) is 6.10 Å². The number of halogens is 4. The Hall–Kier alpha value is -1.44. The fraction of sp³-hybridized carbons (Fsp3) is 0.364. The average Bonchev–Trinajstić information content (AvgIpc) is 2.29. The Kier molecular flexibility index (Phi) is 5.04. The molecule has 1 aromatic rings. The molecule has 1 atom stereocenters. The standard InChI is InChI=1S/C11H10BrF3O4/c1-6(10(16)17-2)18-9-4-3-7(5-8(9)12)19-11(13,14)15/h3-6H,1-2H3. The van der Waals surface area contributed by atoms with Crippen molar-refractivity contribution >= 4 is 21.9 Å². The molecule has 8 heteroatoms. The molecular weight excluding hydrogens is 333 g/mol. The van der Waals surface area contributed by atoms with Crippen LogP contribution in [0.2, 0.25) is 0 Å². The first-order chi connectivity index (χ1) is 8.73. The first-order valence-corrected chi connectivity index (χ1v) is 5.82. The van der Waals surface area contributed by atoms with Crippen molar-refractivity contribution in [3.8, 4) is 11.5 Å². The molecule has 0 aliphatic heterocycles. The highest BCUT2D eigenvalue weighted by atomic mass is 79.9. The lowest BCUT2D eigenvalue weighted by molar-refractivity contribution is -0.274. The van der Waals surface area contributed by atoms with Crippen LogP contribution in [-0.2, 0) is 9.53 Å². The molecular formula is C11H10BrF3O4. The highest BCUT2D eigenvalue weighted by Crippen LogP contribution is 2.32. The van der Waals surface area contributed by atoms with Crippen LogP contribution in [0, 0.1) is 0 Å². The summed E-state index contributed by atoms with van der Waals surface area (Å²) in [6.45, 7) is 1.46. The van der Waals surface area contributed by atoms with E-state index >= 15 is 0 Å². The van der Waals surface area contributed by atoms with E-state index in [9.17, 15) is 18.0 Å². The Balaban J connectivity index is 2.80. The van der Waals surface area contributed by atoms with Crippen LogP contribution in [0.1, 0.15) is 6.92 Å². The summed E-state index contributed by atoms with van der Waals surface area (Å²) in [4.78, 5) is 11.1. The number of ether oxygens (including phenoxy) is 3. The molecule has 0 aliphatic rings. The lowest BCUT2D eigenvalue weighted by atomic mass is 10.3. The van der Waals surface area contributed by atoms with Crippen molar-refractivity contribution in [1.82, 2.24) is 0 Å². The first kappa shape index (κ1) is 15.6. The molecule has 19 heavy (non-hydrogen) atoms. The van der Waals surface area contributed by atoms with Gasteiger partial charge in [-0.1, -0.05) is 0 Å². The van der Waals surface area contributed by atoms with Crippen LogP contribution >= 0.6 is 15.9 Å². The molecule has 0 fully saturated rings. The van der Waals surface area contributed by atoms with Crippen LogP contribution in [0.15, 0.2) is 22.7 Å². The van der Waals surface area contributed by atoms with E-state index in [1.54, 1.807) is 0 Å². The van der Waals surface area contributed by atoms with Crippen LogP contribution in [0.5, 0.6) is 11.5 Å². The molecule has 1 rings (SSSR count). The molecule has 0 bridgehead atoms. The van der Waals surface area contributed by atoms with Crippen LogP contribution in [-0.4, -0.2) is 25.5 Å². The molecule has 106 valence electrons. The lowest BCUT2D eigenvalue weighted by Crippen LogP contribution is -2.25. The van der Waals surface area contributed by atoms with Gasteiger partial charge < -0.3 is 14.2 Å². The Morgan fingerprint density at radius 2 is 2.00 bits per heavy atom. The third-order valence-electron chi connectivity index (χ3n) is 1.97. The number of carbonyl (C=O) groups is 1. The van der Waals surface area contributed by atoms with Crippen molar-refractivity contribution in [2.24, 2.45) is 0 Å². The lowest BCUT2D eigenvalue weighted by Gasteiger charge is -2.15. The van der Waals surface area contributed by atoms with Crippen molar-refractivity contribution in [3.63, 3.8) is 0 Å². The zero-order valence-electron chi connectivity index (χ0n) is 9.95. The topological polar surface area (TPSA) is 44.8 Å². The molecule has 0 saturated heterocycles. The van der Waals surface area contributed by atoms with Crippen LogP contribution in [0.25, 0.3) is 0 Å². The number of methoxy groups -OCH3 is 1. The van der Waals surface area contributed by atoms with E-state index in [0.717, 1.165) is 12.1 Å². The summed E-state index contributed by atoms with van der Waals surface area (Å²) in [5.74, 6) is -0.785. The molecule has 0 heterocycles. The summed E-state index contributed by atoms with van der Waals surface area (Å²) in [7, 11) is 1.21. The molecule has 1 aromatic carbocycles. The van der Waals surface area contributed by atoms with E-state index in [1.807, 2.05) is 0 Å². The van der Waals surface area contributed by atoms with E-state index < -0.39 is 24.2 Å². The summed E-state index contributed by atoms with van der Waals surface area (Å²) >= 11 is 3.03. The Morgan fingerprint density at radius 1 is 1.37 bits per heavy atom. The van der Waals surface area contributed by atoms with Crippen LogP contribution in [0.3, 0.4) is 0 Å². The number of esters is 1. The van der Waals surface area contributed by atoms with Gasteiger partial charge in [0.2, 0.25) is 0 Å². The molecule has 4 nitrogen and oxygen atoms in total. The van der Waals surface area contributed by atoms with Gasteiger partial charge in [0.25, 0.3) is 0 Å². The van der Waals surface area contributed by atoms with Gasteiger partial charge in [-0.15, -0.1) is 13.2 Å². The molecule has 0 aliphatic carbocycles. The predicted molar refractivity (Wildman–Crippen MR) is 62.9 cm³/mol. The van der Waals surface area contributed by atoms with Gasteiger partial charge in [-0.3, -0.25) is 0 Å². The van der Waals surface area contributed by atoms with Crippen molar-refractivity contribution in [1.29, 1.82) is 0 Å². The van der Waals surface area contributed by atoms with Crippen molar-refractivity contribution in [3.05, 3.63) is 22.7 Å². The second-order valence-corrected chi connectivity index (χ2v) is 4.28. The second-order valence-electron chi connectivity index (χ2n) is 3.42. The highest BCUT2D eigenvalue weighted by Gasteiger charge is 2.31. The Morgan fingerprint density at radius 3 is 2.47 bits per heavy atom. The smallest absolute Gasteiger partial charge is 0.478 e. The normalized spacial score (nSPS) is 12.7. The summed E-state index contributed by atoms with van der Waals surface area (Å²) in [5.41, 5.74) is 0. The fourth-order valence-corrected chi connectivity index (χ4v) is 1.63.